The first-order chi connectivity index (χ1) is 12.0. The summed E-state index contributed by atoms with van der Waals surface area (Å²) < 4.78 is 5.61. The zero-order valence-electron chi connectivity index (χ0n) is 13.2. The van der Waals surface area contributed by atoms with E-state index in [9.17, 15) is 4.79 Å². The Hall–Kier alpha value is -2.08. The number of aromatic nitrogens is 1. The average Bonchev–Trinajstić information content (AvgIpc) is 3.12. The second-order valence-electron chi connectivity index (χ2n) is 5.24. The Labute approximate surface area is 159 Å². The minimum Gasteiger partial charge on any atom is -0.479 e. The summed E-state index contributed by atoms with van der Waals surface area (Å²) in [6.45, 7) is 1.66. The molecule has 3 aromatic rings. The predicted molar refractivity (Wildman–Crippen MR) is 103 cm³/mol. The maximum Gasteiger partial charge on any atom is 0.265 e. The zero-order valence-corrected chi connectivity index (χ0v) is 15.5. The molecule has 1 atom stereocenters. The lowest BCUT2D eigenvalue weighted by Gasteiger charge is -2.16. The van der Waals surface area contributed by atoms with E-state index in [0.29, 0.717) is 21.5 Å². The van der Waals surface area contributed by atoms with Crippen molar-refractivity contribution in [3.8, 4) is 16.3 Å². The van der Waals surface area contributed by atoms with Crippen LogP contribution in [0.5, 0.6) is 5.75 Å². The molecule has 0 aliphatic heterocycles. The van der Waals surface area contributed by atoms with Crippen molar-refractivity contribution < 1.29 is 9.53 Å². The molecule has 3 rings (SSSR count). The van der Waals surface area contributed by atoms with Gasteiger partial charge in [0.1, 0.15) is 10.8 Å². The van der Waals surface area contributed by atoms with Crippen LogP contribution in [-0.2, 0) is 4.79 Å². The van der Waals surface area contributed by atoms with E-state index < -0.39 is 6.10 Å². The molecule has 0 radical (unpaired) electrons. The quantitative estimate of drug-likeness (QED) is 0.621. The normalized spacial score (nSPS) is 11.8. The molecule has 2 aromatic carbocycles. The average molecular weight is 393 g/mol. The van der Waals surface area contributed by atoms with E-state index in [1.807, 2.05) is 29.6 Å². The number of nitrogens with zero attached hydrogens (tertiary/aromatic N) is 1. The molecule has 1 amide bonds. The van der Waals surface area contributed by atoms with Gasteiger partial charge in [0.2, 0.25) is 0 Å². The number of carbonyl (C=O) groups is 1. The molecule has 4 nitrogen and oxygen atoms in total. The maximum absolute atomic E-state index is 12.3. The topological polar surface area (TPSA) is 51.2 Å². The van der Waals surface area contributed by atoms with Crippen LogP contribution < -0.4 is 10.1 Å². The van der Waals surface area contributed by atoms with Gasteiger partial charge in [-0.05, 0) is 49.4 Å². The third-order valence-electron chi connectivity index (χ3n) is 3.40. The molecule has 1 N–H and O–H groups in total. The van der Waals surface area contributed by atoms with Crippen LogP contribution in [0.15, 0.2) is 54.0 Å². The molecule has 128 valence electrons. The van der Waals surface area contributed by atoms with Gasteiger partial charge >= 0.3 is 0 Å². The Kier molecular flexibility index (Phi) is 5.58. The molecule has 0 bridgehead atoms. The van der Waals surface area contributed by atoms with Gasteiger partial charge in [-0.2, -0.15) is 0 Å². The van der Waals surface area contributed by atoms with E-state index >= 15 is 0 Å². The fourth-order valence-corrected chi connectivity index (χ4v) is 3.22. The largest absolute Gasteiger partial charge is 0.479 e. The Bertz CT molecular complexity index is 867. The van der Waals surface area contributed by atoms with Crippen molar-refractivity contribution in [3.63, 3.8) is 0 Å². The molecule has 7 heteroatoms. The van der Waals surface area contributed by atoms with Gasteiger partial charge in [0.25, 0.3) is 5.91 Å². The van der Waals surface area contributed by atoms with Gasteiger partial charge in [0, 0.05) is 27.9 Å². The third-order valence-corrected chi connectivity index (χ3v) is 4.75. The van der Waals surface area contributed by atoms with E-state index in [-0.39, 0.29) is 5.91 Å². The summed E-state index contributed by atoms with van der Waals surface area (Å²) >= 11 is 13.5. The molecular formula is C18H14Cl2N2O2S. The fraction of sp³-hybridized carbons (Fsp3) is 0.111. The molecule has 0 saturated carbocycles. The summed E-state index contributed by atoms with van der Waals surface area (Å²) in [5.74, 6) is 0.140. The van der Waals surface area contributed by atoms with E-state index in [4.69, 9.17) is 27.9 Å². The predicted octanol–water partition coefficient (Wildman–Crippen LogP) is 5.52. The van der Waals surface area contributed by atoms with Crippen molar-refractivity contribution in [2.24, 2.45) is 0 Å². The van der Waals surface area contributed by atoms with Gasteiger partial charge in [-0.1, -0.05) is 23.2 Å². The van der Waals surface area contributed by atoms with Gasteiger partial charge in [-0.3, -0.25) is 4.79 Å². The second-order valence-corrected chi connectivity index (χ2v) is 6.98. The van der Waals surface area contributed by atoms with Gasteiger partial charge in [0.15, 0.2) is 6.10 Å². The lowest BCUT2D eigenvalue weighted by atomic mass is 10.2. The number of nitrogens with one attached hydrogen (secondary N) is 1. The van der Waals surface area contributed by atoms with Crippen molar-refractivity contribution in [1.29, 1.82) is 0 Å². The van der Waals surface area contributed by atoms with Crippen LogP contribution in [0, 0.1) is 0 Å². The Morgan fingerprint density at radius 3 is 2.60 bits per heavy atom. The highest BCUT2D eigenvalue weighted by atomic mass is 35.5. The van der Waals surface area contributed by atoms with Crippen LogP contribution in [0.1, 0.15) is 6.92 Å². The van der Waals surface area contributed by atoms with Crippen molar-refractivity contribution in [1.82, 2.24) is 4.98 Å². The summed E-state index contributed by atoms with van der Waals surface area (Å²) in [5.41, 5.74) is 1.69. The summed E-state index contributed by atoms with van der Waals surface area (Å²) in [4.78, 5) is 16.5. The molecule has 0 aliphatic carbocycles. The highest BCUT2D eigenvalue weighted by Gasteiger charge is 2.16. The minimum absolute atomic E-state index is 0.270. The number of rotatable bonds is 5. The molecule has 1 aromatic heterocycles. The first-order valence-electron chi connectivity index (χ1n) is 7.45. The summed E-state index contributed by atoms with van der Waals surface area (Å²) in [5, 5.41) is 6.54. The van der Waals surface area contributed by atoms with E-state index in [1.165, 1.54) is 0 Å². The number of anilines is 1. The highest BCUT2D eigenvalue weighted by Crippen LogP contribution is 2.28. The van der Waals surface area contributed by atoms with Crippen LogP contribution in [-0.4, -0.2) is 17.0 Å². The zero-order chi connectivity index (χ0) is 17.8. The highest BCUT2D eigenvalue weighted by molar-refractivity contribution is 7.13. The van der Waals surface area contributed by atoms with Crippen LogP contribution in [0.3, 0.4) is 0 Å². The van der Waals surface area contributed by atoms with Crippen LogP contribution in [0.4, 0.5) is 5.69 Å². The van der Waals surface area contributed by atoms with Gasteiger partial charge in [-0.15, -0.1) is 11.3 Å². The van der Waals surface area contributed by atoms with Crippen molar-refractivity contribution >= 4 is 46.1 Å². The maximum atomic E-state index is 12.3. The van der Waals surface area contributed by atoms with Gasteiger partial charge < -0.3 is 10.1 Å². The summed E-state index contributed by atoms with van der Waals surface area (Å²) in [7, 11) is 0. The Morgan fingerprint density at radius 2 is 1.96 bits per heavy atom. The molecule has 0 saturated heterocycles. The van der Waals surface area contributed by atoms with E-state index in [1.54, 1.807) is 42.7 Å². The van der Waals surface area contributed by atoms with Crippen molar-refractivity contribution in [2.45, 2.75) is 13.0 Å². The number of hydrogen-bond acceptors (Lipinski definition) is 4. The smallest absolute Gasteiger partial charge is 0.265 e. The molecule has 0 spiro atoms. The SMILES string of the molecule is C[C@H](Oc1ccc(Cl)cc1Cl)C(=O)Nc1ccc(-c2nccs2)cc1. The number of thiazole rings is 1. The van der Waals surface area contributed by atoms with Gasteiger partial charge in [0.05, 0.1) is 5.02 Å². The standard InChI is InChI=1S/C18H14Cl2N2O2S/c1-11(24-16-7-4-13(19)10-15(16)20)17(23)22-14-5-2-12(3-6-14)18-21-8-9-25-18/h2-11H,1H3,(H,22,23)/t11-/m0/s1. The van der Waals surface area contributed by atoms with Crippen LogP contribution in [0.2, 0.25) is 10.0 Å². The number of hydrogen-bond donors (Lipinski definition) is 1. The van der Waals surface area contributed by atoms with Gasteiger partial charge in [-0.25, -0.2) is 4.98 Å². The number of amides is 1. The number of carbonyl (C=O) groups excluding carboxylic acids is 1. The molecule has 0 unspecified atom stereocenters. The van der Waals surface area contributed by atoms with E-state index in [0.717, 1.165) is 10.6 Å². The second kappa shape index (κ2) is 7.87. The lowest BCUT2D eigenvalue weighted by molar-refractivity contribution is -0.122. The van der Waals surface area contributed by atoms with E-state index in [2.05, 4.69) is 10.3 Å². The lowest BCUT2D eigenvalue weighted by Crippen LogP contribution is -2.30. The molecule has 25 heavy (non-hydrogen) atoms. The first-order valence-corrected chi connectivity index (χ1v) is 9.09. The summed E-state index contributed by atoms with van der Waals surface area (Å²) in [6.07, 6.45) is 1.05. The fourth-order valence-electron chi connectivity index (χ4n) is 2.12. The Balaban J connectivity index is 1.63. The number of halogens is 2. The van der Waals surface area contributed by atoms with Crippen molar-refractivity contribution in [3.05, 3.63) is 64.1 Å². The molecule has 0 aliphatic rings. The molecular weight excluding hydrogens is 379 g/mol. The Morgan fingerprint density at radius 1 is 1.20 bits per heavy atom. The summed E-state index contributed by atoms with van der Waals surface area (Å²) in [6, 6.07) is 12.3. The van der Waals surface area contributed by atoms with Crippen LogP contribution >= 0.6 is 34.5 Å². The first kappa shape index (κ1) is 17.7. The molecule has 0 fully saturated rings. The molecule has 1 heterocycles. The van der Waals surface area contributed by atoms with Crippen LogP contribution in [0.25, 0.3) is 10.6 Å². The monoisotopic (exact) mass is 392 g/mol. The number of benzene rings is 2. The van der Waals surface area contributed by atoms with Crippen molar-refractivity contribution in [2.75, 3.05) is 5.32 Å². The number of ether oxygens (including phenoxy) is 1. The third kappa shape index (κ3) is 4.51. The minimum atomic E-state index is -0.711.